The number of carbonyl (C=O) groups excluding carboxylic acids is 1. The van der Waals surface area contributed by atoms with Crippen molar-refractivity contribution in [1.29, 1.82) is 0 Å². The van der Waals surface area contributed by atoms with E-state index in [2.05, 4.69) is 31.4 Å². The molecule has 1 atom stereocenters. The molecule has 0 radical (unpaired) electrons. The molecule has 0 aliphatic carbocycles. The summed E-state index contributed by atoms with van der Waals surface area (Å²) >= 11 is 0. The van der Waals surface area contributed by atoms with Crippen LogP contribution in [0.3, 0.4) is 0 Å². The van der Waals surface area contributed by atoms with Crippen LogP contribution < -0.4 is 10.6 Å². The van der Waals surface area contributed by atoms with Crippen molar-refractivity contribution in [1.82, 2.24) is 10.6 Å². The van der Waals surface area contributed by atoms with Gasteiger partial charge in [-0.15, -0.1) is 0 Å². The molecule has 1 heterocycles. The van der Waals surface area contributed by atoms with E-state index in [-0.39, 0.29) is 17.4 Å². The second kappa shape index (κ2) is 6.59. The average Bonchev–Trinajstić information content (AvgIpc) is 2.86. The highest BCUT2D eigenvalue weighted by Crippen LogP contribution is 2.26. The van der Waals surface area contributed by atoms with Gasteiger partial charge in [0.1, 0.15) is 0 Å². The normalized spacial score (nSPS) is 13.3. The molecule has 1 amide bonds. The summed E-state index contributed by atoms with van der Waals surface area (Å²) in [5.41, 5.74) is 1.15. The van der Waals surface area contributed by atoms with Crippen LogP contribution in [-0.4, -0.2) is 19.0 Å². The Hall–Kier alpha value is -1.29. The molecule has 1 unspecified atom stereocenters. The zero-order chi connectivity index (χ0) is 13.6. The van der Waals surface area contributed by atoms with Gasteiger partial charge in [0.05, 0.1) is 18.6 Å². The third-order valence-corrected chi connectivity index (χ3v) is 3.43. The Morgan fingerprint density at radius 3 is 2.72 bits per heavy atom. The first-order valence-electron chi connectivity index (χ1n) is 6.44. The van der Waals surface area contributed by atoms with Gasteiger partial charge in [-0.05, 0) is 24.9 Å². The maximum Gasteiger partial charge on any atom is 0.237 e. The summed E-state index contributed by atoms with van der Waals surface area (Å²) in [5.74, 6) is 0.0419. The van der Waals surface area contributed by atoms with Gasteiger partial charge in [-0.2, -0.15) is 0 Å². The minimum absolute atomic E-state index is 0.0419. The molecule has 0 bridgehead atoms. The lowest BCUT2D eigenvalue weighted by atomic mass is 9.83. The van der Waals surface area contributed by atoms with Crippen LogP contribution in [0.25, 0.3) is 0 Å². The highest BCUT2D eigenvalue weighted by atomic mass is 16.3. The fourth-order valence-corrected chi connectivity index (χ4v) is 1.73. The Morgan fingerprint density at radius 1 is 1.50 bits per heavy atom. The summed E-state index contributed by atoms with van der Waals surface area (Å²) in [4.78, 5) is 12.1. The van der Waals surface area contributed by atoms with Crippen LogP contribution in [0.2, 0.25) is 0 Å². The molecule has 0 aliphatic heterocycles. The molecule has 4 nitrogen and oxygen atoms in total. The highest BCUT2D eigenvalue weighted by Gasteiger charge is 2.25. The van der Waals surface area contributed by atoms with Crippen LogP contribution >= 0.6 is 0 Å². The van der Waals surface area contributed by atoms with Gasteiger partial charge in [-0.25, -0.2) is 0 Å². The number of hydrogen-bond donors (Lipinski definition) is 2. The Morgan fingerprint density at radius 2 is 2.22 bits per heavy atom. The van der Waals surface area contributed by atoms with Crippen molar-refractivity contribution < 1.29 is 9.21 Å². The van der Waals surface area contributed by atoms with Gasteiger partial charge in [-0.3, -0.25) is 4.79 Å². The van der Waals surface area contributed by atoms with E-state index in [4.69, 9.17) is 4.42 Å². The van der Waals surface area contributed by atoms with Crippen molar-refractivity contribution in [2.45, 2.75) is 46.2 Å². The van der Waals surface area contributed by atoms with Crippen LogP contribution in [0.5, 0.6) is 0 Å². The second-order valence-corrected chi connectivity index (χ2v) is 5.41. The number of nitrogens with one attached hydrogen (secondary N) is 2. The fraction of sp³-hybridized carbons (Fsp3) is 0.643. The first kappa shape index (κ1) is 14.8. The van der Waals surface area contributed by atoms with Crippen LogP contribution in [0.15, 0.2) is 23.0 Å². The number of carbonyl (C=O) groups is 1. The molecule has 102 valence electrons. The Bertz CT molecular complexity index is 358. The number of likely N-dealkylation sites (N-methyl/N-ethyl adjacent to an activating group) is 1. The van der Waals surface area contributed by atoms with Crippen molar-refractivity contribution >= 4 is 5.91 Å². The first-order chi connectivity index (χ1) is 8.48. The van der Waals surface area contributed by atoms with Crippen LogP contribution in [0, 0.1) is 5.41 Å². The van der Waals surface area contributed by atoms with Gasteiger partial charge in [0, 0.05) is 12.1 Å². The molecular weight excluding hydrogens is 228 g/mol. The van der Waals surface area contributed by atoms with Crippen molar-refractivity contribution in [2.75, 3.05) is 7.05 Å². The summed E-state index contributed by atoms with van der Waals surface area (Å²) in [6, 6.07) is 1.71. The molecule has 1 rings (SSSR count). The molecular formula is C14H24N2O2. The second-order valence-electron chi connectivity index (χ2n) is 5.41. The maximum absolute atomic E-state index is 12.1. The minimum Gasteiger partial charge on any atom is -0.472 e. The van der Waals surface area contributed by atoms with Crippen LogP contribution in [-0.2, 0) is 11.3 Å². The summed E-state index contributed by atoms with van der Waals surface area (Å²) in [5, 5.41) is 6.01. The summed E-state index contributed by atoms with van der Waals surface area (Å²) in [6.45, 7) is 7.03. The number of amides is 1. The SMILES string of the molecule is CCC(C)(C)CC(NC)C(=O)NCc1ccoc1. The van der Waals surface area contributed by atoms with E-state index in [0.29, 0.717) is 6.54 Å². The fourth-order valence-electron chi connectivity index (χ4n) is 1.73. The molecule has 0 aromatic carbocycles. The number of hydrogen-bond acceptors (Lipinski definition) is 3. The standard InChI is InChI=1S/C14H24N2O2/c1-5-14(2,3)8-12(15-4)13(17)16-9-11-6-7-18-10-11/h6-7,10,12,15H,5,8-9H2,1-4H3,(H,16,17). The lowest BCUT2D eigenvalue weighted by Gasteiger charge is -2.27. The predicted molar refractivity (Wildman–Crippen MR) is 72.1 cm³/mol. The van der Waals surface area contributed by atoms with E-state index in [1.54, 1.807) is 12.5 Å². The predicted octanol–water partition coefficient (Wildman–Crippen LogP) is 2.31. The van der Waals surface area contributed by atoms with E-state index in [1.165, 1.54) is 0 Å². The van der Waals surface area contributed by atoms with Crippen molar-refractivity contribution in [3.05, 3.63) is 24.2 Å². The monoisotopic (exact) mass is 252 g/mol. The quantitative estimate of drug-likeness (QED) is 0.783. The van der Waals surface area contributed by atoms with Gasteiger partial charge in [0.15, 0.2) is 0 Å². The number of rotatable bonds is 7. The van der Waals surface area contributed by atoms with E-state index >= 15 is 0 Å². The van der Waals surface area contributed by atoms with Crippen LogP contribution in [0.4, 0.5) is 0 Å². The van der Waals surface area contributed by atoms with E-state index < -0.39 is 0 Å². The Balaban J connectivity index is 2.47. The lowest BCUT2D eigenvalue weighted by Crippen LogP contribution is -2.44. The molecule has 0 aliphatic rings. The molecule has 1 aromatic heterocycles. The lowest BCUT2D eigenvalue weighted by molar-refractivity contribution is -0.124. The summed E-state index contributed by atoms with van der Waals surface area (Å²) in [7, 11) is 1.83. The minimum atomic E-state index is -0.146. The third kappa shape index (κ3) is 4.53. The average molecular weight is 252 g/mol. The molecule has 0 spiro atoms. The third-order valence-electron chi connectivity index (χ3n) is 3.43. The molecule has 4 heteroatoms. The van der Waals surface area contributed by atoms with Gasteiger partial charge in [-0.1, -0.05) is 27.2 Å². The van der Waals surface area contributed by atoms with Gasteiger partial charge < -0.3 is 15.1 Å². The molecule has 0 saturated carbocycles. The summed E-state index contributed by atoms with van der Waals surface area (Å²) in [6.07, 6.45) is 5.14. The molecule has 0 fully saturated rings. The van der Waals surface area contributed by atoms with E-state index in [0.717, 1.165) is 18.4 Å². The van der Waals surface area contributed by atoms with Crippen molar-refractivity contribution in [3.8, 4) is 0 Å². The zero-order valence-corrected chi connectivity index (χ0v) is 11.7. The summed E-state index contributed by atoms with van der Waals surface area (Å²) < 4.78 is 4.96. The van der Waals surface area contributed by atoms with E-state index in [9.17, 15) is 4.79 Å². The molecule has 18 heavy (non-hydrogen) atoms. The highest BCUT2D eigenvalue weighted by molar-refractivity contribution is 5.81. The topological polar surface area (TPSA) is 54.3 Å². The Labute approximate surface area is 109 Å². The van der Waals surface area contributed by atoms with Crippen molar-refractivity contribution in [3.63, 3.8) is 0 Å². The molecule has 1 aromatic rings. The van der Waals surface area contributed by atoms with Gasteiger partial charge in [0.2, 0.25) is 5.91 Å². The van der Waals surface area contributed by atoms with Crippen molar-refractivity contribution in [2.24, 2.45) is 5.41 Å². The smallest absolute Gasteiger partial charge is 0.237 e. The largest absolute Gasteiger partial charge is 0.472 e. The zero-order valence-electron chi connectivity index (χ0n) is 11.7. The Kier molecular flexibility index (Phi) is 5.41. The number of furan rings is 1. The molecule has 2 N–H and O–H groups in total. The van der Waals surface area contributed by atoms with Crippen LogP contribution in [0.1, 0.15) is 39.2 Å². The van der Waals surface area contributed by atoms with Gasteiger partial charge >= 0.3 is 0 Å². The maximum atomic E-state index is 12.1. The molecule has 0 saturated heterocycles. The first-order valence-corrected chi connectivity index (χ1v) is 6.44. The van der Waals surface area contributed by atoms with Gasteiger partial charge in [0.25, 0.3) is 0 Å². The van der Waals surface area contributed by atoms with E-state index in [1.807, 2.05) is 13.1 Å².